The van der Waals surface area contributed by atoms with Gasteiger partial charge in [-0.1, -0.05) is 23.7 Å². The van der Waals surface area contributed by atoms with E-state index in [2.05, 4.69) is 10.8 Å². The predicted molar refractivity (Wildman–Crippen MR) is 102 cm³/mol. The van der Waals surface area contributed by atoms with Crippen LogP contribution in [0.4, 0.5) is 0 Å². The Kier molecular flexibility index (Phi) is 6.14. The van der Waals surface area contributed by atoms with Gasteiger partial charge in [-0.25, -0.2) is 13.1 Å². The molecule has 136 valence electrons. The minimum atomic E-state index is -3.78. The molecule has 4 nitrogen and oxygen atoms in total. The van der Waals surface area contributed by atoms with Crippen LogP contribution in [0, 0.1) is 20.8 Å². The van der Waals surface area contributed by atoms with Crippen LogP contribution in [0.2, 0.25) is 5.02 Å². The molecule has 0 fully saturated rings. The van der Waals surface area contributed by atoms with Crippen LogP contribution in [0.25, 0.3) is 0 Å². The Hall–Kier alpha value is -1.56. The van der Waals surface area contributed by atoms with Gasteiger partial charge >= 0.3 is 0 Å². The number of hydrogen-bond donors (Lipinski definition) is 1. The Labute approximate surface area is 155 Å². The molecule has 6 heteroatoms. The summed E-state index contributed by atoms with van der Waals surface area (Å²) in [5, 5.41) is 0.346. The summed E-state index contributed by atoms with van der Waals surface area (Å²) >= 11 is 5.99. The van der Waals surface area contributed by atoms with Gasteiger partial charge in [-0.2, -0.15) is 0 Å². The Bertz CT molecular complexity index is 878. The maximum absolute atomic E-state index is 12.9. The van der Waals surface area contributed by atoms with E-state index in [-0.39, 0.29) is 10.9 Å². The van der Waals surface area contributed by atoms with E-state index in [0.29, 0.717) is 17.4 Å². The van der Waals surface area contributed by atoms with Crippen molar-refractivity contribution in [2.75, 3.05) is 6.61 Å². The van der Waals surface area contributed by atoms with E-state index < -0.39 is 10.0 Å². The zero-order valence-electron chi connectivity index (χ0n) is 15.2. The lowest BCUT2D eigenvalue weighted by Gasteiger charge is -2.19. The monoisotopic (exact) mass is 381 g/mol. The van der Waals surface area contributed by atoms with Crippen molar-refractivity contribution in [3.63, 3.8) is 0 Å². The quantitative estimate of drug-likeness (QED) is 0.788. The third kappa shape index (κ3) is 4.54. The number of nitrogens with one attached hydrogen (secondary N) is 1. The minimum Gasteiger partial charge on any atom is -0.492 e. The molecular formula is C19H24ClNO3S. The average molecular weight is 382 g/mol. The van der Waals surface area contributed by atoms with Crippen LogP contribution in [0.5, 0.6) is 5.75 Å². The van der Waals surface area contributed by atoms with Gasteiger partial charge in [-0.05, 0) is 75.1 Å². The molecule has 0 aliphatic carbocycles. The molecule has 0 saturated heterocycles. The van der Waals surface area contributed by atoms with Gasteiger partial charge in [0.05, 0.1) is 6.61 Å². The van der Waals surface area contributed by atoms with Crippen molar-refractivity contribution in [3.05, 3.63) is 57.6 Å². The van der Waals surface area contributed by atoms with Crippen LogP contribution in [-0.2, 0) is 10.0 Å². The maximum atomic E-state index is 12.9. The lowest BCUT2D eigenvalue weighted by Crippen LogP contribution is -2.28. The summed E-state index contributed by atoms with van der Waals surface area (Å²) < 4.78 is 33.9. The molecule has 25 heavy (non-hydrogen) atoms. The van der Waals surface area contributed by atoms with E-state index in [1.54, 1.807) is 19.1 Å². The predicted octanol–water partition coefficient (Wildman–Crippen LogP) is 4.70. The zero-order chi connectivity index (χ0) is 18.8. The first-order chi connectivity index (χ1) is 11.7. The molecule has 0 aliphatic heterocycles. The van der Waals surface area contributed by atoms with Crippen molar-refractivity contribution in [1.29, 1.82) is 0 Å². The van der Waals surface area contributed by atoms with Crippen molar-refractivity contribution in [3.8, 4) is 5.75 Å². The number of benzene rings is 2. The lowest BCUT2D eigenvalue weighted by molar-refractivity contribution is 0.331. The molecule has 2 aromatic carbocycles. The van der Waals surface area contributed by atoms with Crippen LogP contribution in [0.15, 0.2) is 35.2 Å². The van der Waals surface area contributed by atoms with Crippen LogP contribution < -0.4 is 9.46 Å². The molecule has 0 aliphatic rings. The summed E-state index contributed by atoms with van der Waals surface area (Å²) in [5.41, 5.74) is 4.32. The standard InChI is InChI=1S/C19H24ClNO3S/c1-6-24-18-8-7-16(20)11-19(18)25(22,23)21-15(5)17-10-13(3)12(2)9-14(17)4/h7-11,15,21H,6H2,1-5H3/t15-/m0/s1. The number of hydrogen-bond acceptors (Lipinski definition) is 3. The van der Waals surface area contributed by atoms with E-state index in [1.165, 1.54) is 11.6 Å². The Balaban J connectivity index is 2.39. The molecule has 0 spiro atoms. The fourth-order valence-corrected chi connectivity index (χ4v) is 4.41. The van der Waals surface area contributed by atoms with Crippen molar-refractivity contribution >= 4 is 21.6 Å². The second-order valence-corrected chi connectivity index (χ2v) is 8.28. The molecule has 2 aromatic rings. The summed E-state index contributed by atoms with van der Waals surface area (Å²) in [7, 11) is -3.78. The zero-order valence-corrected chi connectivity index (χ0v) is 16.8. The molecule has 2 rings (SSSR count). The van der Waals surface area contributed by atoms with Crippen molar-refractivity contribution < 1.29 is 13.2 Å². The smallest absolute Gasteiger partial charge is 0.244 e. The lowest BCUT2D eigenvalue weighted by atomic mass is 9.97. The van der Waals surface area contributed by atoms with E-state index in [1.807, 2.05) is 33.8 Å². The number of ether oxygens (including phenoxy) is 1. The first-order valence-corrected chi connectivity index (χ1v) is 10.0. The molecule has 0 amide bonds. The highest BCUT2D eigenvalue weighted by atomic mass is 35.5. The molecule has 0 unspecified atom stereocenters. The first-order valence-electron chi connectivity index (χ1n) is 8.18. The largest absolute Gasteiger partial charge is 0.492 e. The van der Waals surface area contributed by atoms with Crippen LogP contribution in [-0.4, -0.2) is 15.0 Å². The van der Waals surface area contributed by atoms with Crippen LogP contribution in [0.1, 0.15) is 42.1 Å². The third-order valence-corrected chi connectivity index (χ3v) is 5.97. The van der Waals surface area contributed by atoms with E-state index in [4.69, 9.17) is 16.3 Å². The number of halogens is 1. The minimum absolute atomic E-state index is 0.0511. The highest BCUT2D eigenvalue weighted by Gasteiger charge is 2.24. The maximum Gasteiger partial charge on any atom is 0.244 e. The number of sulfonamides is 1. The van der Waals surface area contributed by atoms with E-state index in [0.717, 1.165) is 16.7 Å². The average Bonchev–Trinajstić information content (AvgIpc) is 2.52. The normalized spacial score (nSPS) is 12.9. The van der Waals surface area contributed by atoms with Gasteiger partial charge in [0, 0.05) is 11.1 Å². The van der Waals surface area contributed by atoms with E-state index >= 15 is 0 Å². The summed E-state index contributed by atoms with van der Waals surface area (Å²) in [4.78, 5) is 0.0511. The van der Waals surface area contributed by atoms with Gasteiger partial charge in [0.1, 0.15) is 10.6 Å². The van der Waals surface area contributed by atoms with Gasteiger partial charge in [0.15, 0.2) is 0 Å². The van der Waals surface area contributed by atoms with Crippen molar-refractivity contribution in [1.82, 2.24) is 4.72 Å². The first kappa shape index (κ1) is 19.8. The second kappa shape index (κ2) is 7.77. The van der Waals surface area contributed by atoms with Gasteiger partial charge in [0.2, 0.25) is 10.0 Å². The van der Waals surface area contributed by atoms with Crippen LogP contribution in [0.3, 0.4) is 0 Å². The third-order valence-electron chi connectivity index (χ3n) is 4.18. The van der Waals surface area contributed by atoms with E-state index in [9.17, 15) is 8.42 Å². The highest BCUT2D eigenvalue weighted by molar-refractivity contribution is 7.89. The molecule has 0 saturated carbocycles. The topological polar surface area (TPSA) is 55.4 Å². The van der Waals surface area contributed by atoms with Gasteiger partial charge in [0.25, 0.3) is 0 Å². The molecule has 0 aromatic heterocycles. The second-order valence-electron chi connectivity index (χ2n) is 6.16. The molecule has 0 heterocycles. The molecule has 0 radical (unpaired) electrons. The number of rotatable bonds is 6. The Morgan fingerprint density at radius 1 is 1.08 bits per heavy atom. The van der Waals surface area contributed by atoms with Crippen molar-refractivity contribution in [2.24, 2.45) is 0 Å². The summed E-state index contributed by atoms with van der Waals surface area (Å²) in [6.07, 6.45) is 0. The summed E-state index contributed by atoms with van der Waals surface area (Å²) in [5.74, 6) is 0.295. The summed E-state index contributed by atoms with van der Waals surface area (Å²) in [6, 6.07) is 8.32. The Morgan fingerprint density at radius 3 is 2.36 bits per heavy atom. The van der Waals surface area contributed by atoms with Gasteiger partial charge < -0.3 is 4.74 Å². The molecule has 1 N–H and O–H groups in total. The fraction of sp³-hybridized carbons (Fsp3) is 0.368. The van der Waals surface area contributed by atoms with Crippen LogP contribution >= 0.6 is 11.6 Å². The molecular weight excluding hydrogens is 358 g/mol. The van der Waals surface area contributed by atoms with Crippen molar-refractivity contribution in [2.45, 2.75) is 45.6 Å². The number of aryl methyl sites for hydroxylation is 3. The van der Waals surface area contributed by atoms with Gasteiger partial charge in [-0.15, -0.1) is 0 Å². The fourth-order valence-electron chi connectivity index (χ4n) is 2.78. The Morgan fingerprint density at radius 2 is 1.72 bits per heavy atom. The van der Waals surface area contributed by atoms with Gasteiger partial charge in [-0.3, -0.25) is 0 Å². The highest BCUT2D eigenvalue weighted by Crippen LogP contribution is 2.29. The molecule has 0 bridgehead atoms. The SMILES string of the molecule is CCOc1ccc(Cl)cc1S(=O)(=O)N[C@@H](C)c1cc(C)c(C)cc1C. The molecule has 1 atom stereocenters. The summed E-state index contributed by atoms with van der Waals surface area (Å²) in [6.45, 7) is 10.1.